The fourth-order valence-corrected chi connectivity index (χ4v) is 0.460. The van der Waals surface area contributed by atoms with Gasteiger partial charge in [-0.1, -0.05) is 17.8 Å². The normalized spacial score (nSPS) is 10.7. The number of nitrogens with zero attached hydrogens (tertiary/aromatic N) is 1. The lowest BCUT2D eigenvalue weighted by atomic mass is 10.4. The van der Waals surface area contributed by atoms with Crippen LogP contribution in [0.4, 0.5) is 0 Å². The minimum atomic E-state index is -0.457. The second kappa shape index (κ2) is 6.39. The Kier molecular flexibility index (Phi) is 5.69. The summed E-state index contributed by atoms with van der Waals surface area (Å²) in [6, 6.07) is 0. The lowest BCUT2D eigenvalue weighted by Crippen LogP contribution is -2.14. The maximum absolute atomic E-state index is 10.9. The zero-order valence-electron chi connectivity index (χ0n) is 7.37. The standard InChI is InChI=1S/C8H13NO3/c1-4-6-12-9-7(3)8(10)11-5-2/h4H,1,5-6H2,2-3H3/b9-7+. The van der Waals surface area contributed by atoms with Crippen molar-refractivity contribution in [1.82, 2.24) is 0 Å². The smallest absolute Gasteiger partial charge is 0.355 e. The van der Waals surface area contributed by atoms with Crippen molar-refractivity contribution in [3.05, 3.63) is 12.7 Å². The fourth-order valence-electron chi connectivity index (χ4n) is 0.460. The van der Waals surface area contributed by atoms with Gasteiger partial charge < -0.3 is 9.57 Å². The number of carbonyl (C=O) groups is 1. The predicted molar refractivity (Wildman–Crippen MR) is 45.9 cm³/mol. The highest BCUT2D eigenvalue weighted by atomic mass is 16.6. The van der Waals surface area contributed by atoms with Crippen LogP contribution in [0.3, 0.4) is 0 Å². The summed E-state index contributed by atoms with van der Waals surface area (Å²) in [5.41, 5.74) is 0.207. The average Bonchev–Trinajstić information content (AvgIpc) is 2.05. The number of ether oxygens (including phenoxy) is 1. The zero-order chi connectivity index (χ0) is 9.40. The van der Waals surface area contributed by atoms with Crippen LogP contribution in [0.15, 0.2) is 17.8 Å². The first-order valence-corrected chi connectivity index (χ1v) is 3.67. The molecule has 0 unspecified atom stereocenters. The molecule has 68 valence electrons. The number of carbonyl (C=O) groups excluding carboxylic acids is 1. The Morgan fingerprint density at radius 1 is 1.67 bits per heavy atom. The summed E-state index contributed by atoms with van der Waals surface area (Å²) in [6.07, 6.45) is 1.54. The summed E-state index contributed by atoms with van der Waals surface area (Å²) in [4.78, 5) is 15.6. The van der Waals surface area contributed by atoms with Crippen LogP contribution < -0.4 is 0 Å². The Morgan fingerprint density at radius 2 is 2.33 bits per heavy atom. The van der Waals surface area contributed by atoms with Crippen molar-refractivity contribution in [1.29, 1.82) is 0 Å². The SMILES string of the molecule is C=CCO/N=C(\C)C(=O)OCC. The van der Waals surface area contributed by atoms with E-state index in [2.05, 4.69) is 21.3 Å². The van der Waals surface area contributed by atoms with Gasteiger partial charge in [-0.25, -0.2) is 4.79 Å². The first kappa shape index (κ1) is 10.7. The van der Waals surface area contributed by atoms with Gasteiger partial charge in [-0.05, 0) is 13.8 Å². The van der Waals surface area contributed by atoms with Crippen LogP contribution in [0.5, 0.6) is 0 Å². The topological polar surface area (TPSA) is 47.9 Å². The molecule has 0 rings (SSSR count). The molecule has 0 saturated carbocycles. The molecule has 0 atom stereocenters. The van der Waals surface area contributed by atoms with Crippen LogP contribution in [0.25, 0.3) is 0 Å². The number of hydrogen-bond acceptors (Lipinski definition) is 4. The van der Waals surface area contributed by atoms with E-state index in [1.165, 1.54) is 6.92 Å². The molecule has 0 aliphatic rings. The second-order valence-electron chi connectivity index (χ2n) is 1.98. The van der Waals surface area contributed by atoms with Gasteiger partial charge in [0, 0.05) is 0 Å². The van der Waals surface area contributed by atoms with Gasteiger partial charge in [0.25, 0.3) is 0 Å². The number of esters is 1. The van der Waals surface area contributed by atoms with E-state index in [1.54, 1.807) is 13.0 Å². The number of rotatable bonds is 5. The fraction of sp³-hybridized carbons (Fsp3) is 0.500. The van der Waals surface area contributed by atoms with Crippen molar-refractivity contribution in [3.8, 4) is 0 Å². The highest BCUT2D eigenvalue weighted by molar-refractivity contribution is 6.35. The third-order valence-electron chi connectivity index (χ3n) is 0.965. The largest absolute Gasteiger partial charge is 0.461 e. The van der Waals surface area contributed by atoms with Crippen molar-refractivity contribution < 1.29 is 14.4 Å². The summed E-state index contributed by atoms with van der Waals surface area (Å²) in [6.45, 7) is 7.32. The third-order valence-corrected chi connectivity index (χ3v) is 0.965. The summed E-state index contributed by atoms with van der Waals surface area (Å²) in [7, 11) is 0. The van der Waals surface area contributed by atoms with Gasteiger partial charge in [0.05, 0.1) is 6.61 Å². The molecule has 0 fully saturated rings. The first-order valence-electron chi connectivity index (χ1n) is 3.67. The number of oxime groups is 1. The summed E-state index contributed by atoms with van der Waals surface area (Å²) >= 11 is 0. The highest BCUT2D eigenvalue weighted by Crippen LogP contribution is 1.86. The molecule has 0 spiro atoms. The summed E-state index contributed by atoms with van der Waals surface area (Å²) < 4.78 is 4.66. The van der Waals surface area contributed by atoms with Gasteiger partial charge in [-0.15, -0.1) is 0 Å². The van der Waals surface area contributed by atoms with E-state index in [0.29, 0.717) is 6.61 Å². The molecule has 0 N–H and O–H groups in total. The highest BCUT2D eigenvalue weighted by Gasteiger charge is 2.05. The van der Waals surface area contributed by atoms with Crippen molar-refractivity contribution in [2.75, 3.05) is 13.2 Å². The molecule has 0 aliphatic carbocycles. The van der Waals surface area contributed by atoms with Crippen molar-refractivity contribution in [2.45, 2.75) is 13.8 Å². The van der Waals surface area contributed by atoms with Gasteiger partial charge in [0.15, 0.2) is 5.71 Å². The van der Waals surface area contributed by atoms with Crippen LogP contribution in [0.1, 0.15) is 13.8 Å². The van der Waals surface area contributed by atoms with Crippen LogP contribution >= 0.6 is 0 Å². The van der Waals surface area contributed by atoms with Crippen molar-refractivity contribution in [2.24, 2.45) is 5.16 Å². The van der Waals surface area contributed by atoms with E-state index in [-0.39, 0.29) is 12.3 Å². The minimum absolute atomic E-state index is 0.207. The van der Waals surface area contributed by atoms with Gasteiger partial charge >= 0.3 is 5.97 Å². The van der Waals surface area contributed by atoms with E-state index in [9.17, 15) is 4.79 Å². The Labute approximate surface area is 71.8 Å². The molecule has 0 amide bonds. The van der Waals surface area contributed by atoms with Crippen molar-refractivity contribution in [3.63, 3.8) is 0 Å². The molecular weight excluding hydrogens is 158 g/mol. The Balaban J connectivity index is 3.81. The van der Waals surface area contributed by atoms with Gasteiger partial charge in [-0.3, -0.25) is 0 Å². The monoisotopic (exact) mass is 171 g/mol. The number of hydrogen-bond donors (Lipinski definition) is 0. The molecule has 0 aliphatic heterocycles. The molecule has 4 heteroatoms. The Bertz CT molecular complexity index is 187. The lowest BCUT2D eigenvalue weighted by Gasteiger charge is -1.99. The minimum Gasteiger partial charge on any atom is -0.461 e. The molecule has 12 heavy (non-hydrogen) atoms. The molecule has 0 aromatic heterocycles. The lowest BCUT2D eigenvalue weighted by molar-refractivity contribution is -0.135. The van der Waals surface area contributed by atoms with Crippen LogP contribution in [-0.4, -0.2) is 24.9 Å². The molecule has 0 heterocycles. The van der Waals surface area contributed by atoms with E-state index in [0.717, 1.165) is 0 Å². The second-order valence-corrected chi connectivity index (χ2v) is 1.98. The first-order chi connectivity index (χ1) is 5.72. The van der Waals surface area contributed by atoms with E-state index in [1.807, 2.05) is 0 Å². The van der Waals surface area contributed by atoms with Crippen LogP contribution in [0.2, 0.25) is 0 Å². The maximum Gasteiger partial charge on any atom is 0.355 e. The molecule has 4 nitrogen and oxygen atoms in total. The molecule has 0 bridgehead atoms. The molecule has 0 aromatic rings. The summed E-state index contributed by atoms with van der Waals surface area (Å²) in [5.74, 6) is -0.457. The Morgan fingerprint density at radius 3 is 2.83 bits per heavy atom. The van der Waals surface area contributed by atoms with E-state index in [4.69, 9.17) is 0 Å². The molecular formula is C8H13NO3. The zero-order valence-corrected chi connectivity index (χ0v) is 7.37. The van der Waals surface area contributed by atoms with E-state index >= 15 is 0 Å². The molecule has 0 radical (unpaired) electrons. The molecule has 0 aromatic carbocycles. The van der Waals surface area contributed by atoms with Crippen LogP contribution in [-0.2, 0) is 14.4 Å². The van der Waals surface area contributed by atoms with Crippen molar-refractivity contribution >= 4 is 11.7 Å². The quantitative estimate of drug-likeness (QED) is 0.205. The maximum atomic E-state index is 10.9. The van der Waals surface area contributed by atoms with Gasteiger partial charge in [-0.2, -0.15) is 0 Å². The van der Waals surface area contributed by atoms with Gasteiger partial charge in [0.1, 0.15) is 6.61 Å². The summed E-state index contributed by atoms with van der Waals surface area (Å²) in [5, 5.41) is 3.50. The van der Waals surface area contributed by atoms with E-state index < -0.39 is 5.97 Å². The predicted octanol–water partition coefficient (Wildman–Crippen LogP) is 1.13. The van der Waals surface area contributed by atoms with Gasteiger partial charge in [0.2, 0.25) is 0 Å². The Hall–Kier alpha value is -1.32. The average molecular weight is 171 g/mol. The molecule has 0 saturated heterocycles. The van der Waals surface area contributed by atoms with Crippen LogP contribution in [0, 0.1) is 0 Å². The third kappa shape index (κ3) is 4.49.